The first-order valence-corrected chi connectivity index (χ1v) is 10.00. The van der Waals surface area contributed by atoms with E-state index in [1.165, 1.54) is 0 Å². The highest BCUT2D eigenvalue weighted by Gasteiger charge is 2.21. The van der Waals surface area contributed by atoms with Crippen LogP contribution >= 0.6 is 0 Å². The fourth-order valence-corrected chi connectivity index (χ4v) is 4.01. The lowest BCUT2D eigenvalue weighted by atomic mass is 9.98. The first kappa shape index (κ1) is 17.9. The minimum absolute atomic E-state index is 0.181. The van der Waals surface area contributed by atoms with Gasteiger partial charge in [-0.05, 0) is 42.8 Å². The molecule has 7 heteroatoms. The van der Waals surface area contributed by atoms with Crippen molar-refractivity contribution in [3.63, 3.8) is 0 Å². The predicted octanol–water partition coefficient (Wildman–Crippen LogP) is 2.79. The summed E-state index contributed by atoms with van der Waals surface area (Å²) in [5.41, 5.74) is 2.60. The SMILES string of the molecule is CN1CC(c2ccc(O)c(-c3nc(N[C@H]4CCNC4)c4ccccc4n3)c2)C=N1. The Hall–Kier alpha value is -3.19. The molecule has 0 saturated carbocycles. The third-order valence-corrected chi connectivity index (χ3v) is 5.60. The van der Waals surface area contributed by atoms with Crippen molar-refractivity contribution in [3.8, 4) is 17.1 Å². The van der Waals surface area contributed by atoms with Gasteiger partial charge in [0.15, 0.2) is 5.82 Å². The van der Waals surface area contributed by atoms with Gasteiger partial charge in [-0.25, -0.2) is 9.97 Å². The molecule has 3 heterocycles. The third-order valence-electron chi connectivity index (χ3n) is 5.60. The highest BCUT2D eigenvalue weighted by Crippen LogP contribution is 2.33. The van der Waals surface area contributed by atoms with E-state index in [4.69, 9.17) is 9.97 Å². The van der Waals surface area contributed by atoms with Crippen molar-refractivity contribution in [1.29, 1.82) is 0 Å². The molecule has 1 saturated heterocycles. The molecule has 0 spiro atoms. The number of anilines is 1. The molecule has 1 unspecified atom stereocenters. The molecule has 3 N–H and O–H groups in total. The molecule has 7 nitrogen and oxygen atoms in total. The van der Waals surface area contributed by atoms with E-state index in [9.17, 15) is 5.11 Å². The summed E-state index contributed by atoms with van der Waals surface area (Å²) in [5, 5.41) is 24.8. The van der Waals surface area contributed by atoms with Crippen molar-refractivity contribution < 1.29 is 5.11 Å². The number of phenols is 1. The summed E-state index contributed by atoms with van der Waals surface area (Å²) in [4.78, 5) is 9.58. The van der Waals surface area contributed by atoms with Gasteiger partial charge in [-0.3, -0.25) is 5.01 Å². The number of para-hydroxylation sites is 1. The van der Waals surface area contributed by atoms with Crippen molar-refractivity contribution in [3.05, 3.63) is 48.0 Å². The number of likely N-dealkylation sites (N-methyl/N-ethyl adjacent to an activating group) is 1. The molecule has 2 aliphatic rings. The van der Waals surface area contributed by atoms with Crippen LogP contribution in [-0.2, 0) is 0 Å². The van der Waals surface area contributed by atoms with Crippen LogP contribution in [0.25, 0.3) is 22.3 Å². The van der Waals surface area contributed by atoms with Crippen LogP contribution < -0.4 is 10.6 Å². The number of nitrogens with zero attached hydrogens (tertiary/aromatic N) is 4. The number of hydrogen-bond acceptors (Lipinski definition) is 7. The maximum Gasteiger partial charge on any atom is 0.165 e. The van der Waals surface area contributed by atoms with Gasteiger partial charge in [-0.15, -0.1) is 0 Å². The van der Waals surface area contributed by atoms with Crippen LogP contribution in [-0.4, -0.2) is 59.0 Å². The largest absolute Gasteiger partial charge is 0.507 e. The molecular weight excluding hydrogens is 364 g/mol. The number of nitrogens with one attached hydrogen (secondary N) is 2. The highest BCUT2D eigenvalue weighted by molar-refractivity contribution is 5.91. The number of phenolic OH excluding ortho intramolecular Hbond substituents is 1. The van der Waals surface area contributed by atoms with E-state index in [1.807, 2.05) is 54.7 Å². The average Bonchev–Trinajstić information content (AvgIpc) is 3.40. The molecule has 5 rings (SSSR count). The zero-order valence-electron chi connectivity index (χ0n) is 16.3. The van der Waals surface area contributed by atoms with Gasteiger partial charge in [-0.2, -0.15) is 5.10 Å². The smallest absolute Gasteiger partial charge is 0.165 e. The molecular formula is C22H24N6O. The summed E-state index contributed by atoms with van der Waals surface area (Å²) >= 11 is 0. The highest BCUT2D eigenvalue weighted by atomic mass is 16.3. The molecule has 1 aromatic heterocycles. The van der Waals surface area contributed by atoms with Gasteiger partial charge in [0.1, 0.15) is 11.6 Å². The molecule has 3 aromatic rings. The number of rotatable bonds is 4. The minimum Gasteiger partial charge on any atom is -0.507 e. The molecule has 1 fully saturated rings. The van der Waals surface area contributed by atoms with Gasteiger partial charge in [0, 0.05) is 43.7 Å². The Bertz CT molecular complexity index is 1080. The summed E-state index contributed by atoms with van der Waals surface area (Å²) in [6, 6.07) is 14.0. The van der Waals surface area contributed by atoms with E-state index in [2.05, 4.69) is 15.7 Å². The van der Waals surface area contributed by atoms with Crippen LogP contribution in [0, 0.1) is 0 Å². The summed E-state index contributed by atoms with van der Waals surface area (Å²) in [6.45, 7) is 2.75. The Kier molecular flexibility index (Phi) is 4.52. The second kappa shape index (κ2) is 7.33. The number of fused-ring (bicyclic) bond motifs is 1. The Morgan fingerprint density at radius 1 is 1.17 bits per heavy atom. The molecule has 2 atom stereocenters. The van der Waals surface area contributed by atoms with Gasteiger partial charge in [-0.1, -0.05) is 18.2 Å². The lowest BCUT2D eigenvalue weighted by molar-refractivity contribution is 0.381. The van der Waals surface area contributed by atoms with Gasteiger partial charge < -0.3 is 15.7 Å². The van der Waals surface area contributed by atoms with E-state index in [0.29, 0.717) is 17.4 Å². The quantitative estimate of drug-likeness (QED) is 0.637. The fourth-order valence-electron chi connectivity index (χ4n) is 4.01. The summed E-state index contributed by atoms with van der Waals surface area (Å²) in [6.07, 6.45) is 3.00. The van der Waals surface area contributed by atoms with Crippen molar-refractivity contribution in [2.75, 3.05) is 32.0 Å². The topological polar surface area (TPSA) is 85.7 Å². The maximum atomic E-state index is 10.6. The van der Waals surface area contributed by atoms with E-state index >= 15 is 0 Å². The van der Waals surface area contributed by atoms with Crippen molar-refractivity contribution in [1.82, 2.24) is 20.3 Å². The van der Waals surface area contributed by atoms with E-state index < -0.39 is 0 Å². The number of aromatic nitrogens is 2. The summed E-state index contributed by atoms with van der Waals surface area (Å²) in [5.74, 6) is 1.72. The fraction of sp³-hybridized carbons (Fsp3) is 0.318. The predicted molar refractivity (Wildman–Crippen MR) is 115 cm³/mol. The van der Waals surface area contributed by atoms with Crippen LogP contribution in [0.4, 0.5) is 5.82 Å². The first-order valence-electron chi connectivity index (χ1n) is 10.00. The number of aromatic hydroxyl groups is 1. The van der Waals surface area contributed by atoms with Gasteiger partial charge >= 0.3 is 0 Å². The van der Waals surface area contributed by atoms with Gasteiger partial charge in [0.2, 0.25) is 0 Å². The average molecular weight is 388 g/mol. The second-order valence-corrected chi connectivity index (χ2v) is 7.73. The molecule has 0 amide bonds. The Labute approximate surface area is 169 Å². The zero-order chi connectivity index (χ0) is 19.8. The van der Waals surface area contributed by atoms with Crippen LogP contribution in [0.15, 0.2) is 47.6 Å². The van der Waals surface area contributed by atoms with E-state index in [1.54, 1.807) is 6.07 Å². The first-order chi connectivity index (χ1) is 14.2. The standard InChI is InChI=1S/C22H24N6O/c1-28-13-15(11-24-28)14-6-7-20(29)18(10-14)22-26-19-5-3-2-4-17(19)21(27-22)25-16-8-9-23-12-16/h2-7,10-11,15-16,23,29H,8-9,12-13H2,1H3,(H,25,26,27)/t15?,16-/m0/s1. The van der Waals surface area contributed by atoms with Crippen LogP contribution in [0.3, 0.4) is 0 Å². The summed E-state index contributed by atoms with van der Waals surface area (Å²) < 4.78 is 0. The van der Waals surface area contributed by atoms with Crippen LogP contribution in [0.2, 0.25) is 0 Å². The molecule has 2 aliphatic heterocycles. The number of hydrazone groups is 1. The van der Waals surface area contributed by atoms with Gasteiger partial charge in [0.25, 0.3) is 0 Å². The van der Waals surface area contributed by atoms with Crippen LogP contribution in [0.5, 0.6) is 5.75 Å². The number of hydrogen-bond donors (Lipinski definition) is 3. The Morgan fingerprint density at radius 3 is 2.86 bits per heavy atom. The van der Waals surface area contributed by atoms with E-state index in [0.717, 1.165) is 48.3 Å². The van der Waals surface area contributed by atoms with E-state index in [-0.39, 0.29) is 11.7 Å². The third kappa shape index (κ3) is 3.49. The summed E-state index contributed by atoms with van der Waals surface area (Å²) in [7, 11) is 1.96. The Morgan fingerprint density at radius 2 is 2.07 bits per heavy atom. The minimum atomic E-state index is 0.181. The van der Waals surface area contributed by atoms with Crippen molar-refractivity contribution in [2.45, 2.75) is 18.4 Å². The lowest BCUT2D eigenvalue weighted by Gasteiger charge is -2.16. The Balaban J connectivity index is 1.58. The second-order valence-electron chi connectivity index (χ2n) is 7.73. The van der Waals surface area contributed by atoms with Crippen molar-refractivity contribution >= 4 is 22.9 Å². The molecule has 148 valence electrons. The molecule has 0 bridgehead atoms. The molecule has 0 radical (unpaired) electrons. The normalized spacial score (nSPS) is 21.2. The molecule has 29 heavy (non-hydrogen) atoms. The maximum absolute atomic E-state index is 10.6. The molecule has 0 aliphatic carbocycles. The number of benzene rings is 2. The zero-order valence-corrected chi connectivity index (χ0v) is 16.3. The van der Waals surface area contributed by atoms with Gasteiger partial charge in [0.05, 0.1) is 11.1 Å². The van der Waals surface area contributed by atoms with Crippen LogP contribution in [0.1, 0.15) is 17.9 Å². The van der Waals surface area contributed by atoms with Crippen molar-refractivity contribution in [2.24, 2.45) is 5.10 Å². The monoisotopic (exact) mass is 388 g/mol. The molecule has 2 aromatic carbocycles. The lowest BCUT2D eigenvalue weighted by Crippen LogP contribution is -2.23.